The molecule has 3 unspecified atom stereocenters. The monoisotopic (exact) mass is 640 g/mol. The fourth-order valence-corrected chi connectivity index (χ4v) is 5.61. The zero-order valence-corrected chi connectivity index (χ0v) is 25.5. The molecule has 46 heavy (non-hydrogen) atoms. The summed E-state index contributed by atoms with van der Waals surface area (Å²) < 4.78 is 16.2. The topological polar surface area (TPSA) is 190 Å². The molecule has 246 valence electrons. The molecule has 2 aromatic rings. The molecule has 2 saturated heterocycles. The Balaban J connectivity index is 1.27. The highest BCUT2D eigenvalue weighted by molar-refractivity contribution is 5.99. The Morgan fingerprint density at radius 1 is 1.07 bits per heavy atom. The number of para-hydroxylation sites is 1. The molecule has 4 amide bonds. The molecule has 0 bridgehead atoms. The van der Waals surface area contributed by atoms with Crippen molar-refractivity contribution in [3.05, 3.63) is 36.0 Å². The second-order valence-electron chi connectivity index (χ2n) is 11.0. The van der Waals surface area contributed by atoms with Crippen LogP contribution in [0, 0.1) is 5.92 Å². The maximum atomic E-state index is 13.5. The first-order valence-corrected chi connectivity index (χ1v) is 15.0. The number of carboxylic acid groups (broad SMARTS) is 1. The van der Waals surface area contributed by atoms with E-state index in [1.165, 1.54) is 23.0 Å². The zero-order chi connectivity index (χ0) is 32.8. The minimum Gasteiger partial charge on any atom is -0.483 e. The number of oxime groups is 1. The third-order valence-electron chi connectivity index (χ3n) is 8.05. The number of fused-ring (bicyclic) bond motifs is 2. The lowest BCUT2D eigenvalue weighted by Gasteiger charge is -2.35. The summed E-state index contributed by atoms with van der Waals surface area (Å²) in [4.78, 5) is 77.7. The highest BCUT2D eigenvalue weighted by Crippen LogP contribution is 2.29. The van der Waals surface area contributed by atoms with Gasteiger partial charge in [0.2, 0.25) is 11.8 Å². The van der Waals surface area contributed by atoms with Gasteiger partial charge in [-0.15, -0.1) is 0 Å². The number of amides is 4. The number of benzene rings is 1. The third-order valence-corrected chi connectivity index (χ3v) is 8.05. The second-order valence-corrected chi connectivity index (χ2v) is 11.0. The van der Waals surface area contributed by atoms with E-state index in [9.17, 15) is 29.1 Å². The Bertz CT molecular complexity index is 1520. The van der Waals surface area contributed by atoms with E-state index in [0.29, 0.717) is 29.9 Å². The van der Waals surface area contributed by atoms with Crippen LogP contribution in [-0.4, -0.2) is 132 Å². The van der Waals surface area contributed by atoms with Crippen LogP contribution in [0.25, 0.3) is 10.9 Å². The number of hydrogen-bond donors (Lipinski definition) is 2. The molecule has 3 atom stereocenters. The van der Waals surface area contributed by atoms with Gasteiger partial charge in [0.1, 0.15) is 17.5 Å². The Morgan fingerprint density at radius 2 is 1.80 bits per heavy atom. The van der Waals surface area contributed by atoms with Crippen molar-refractivity contribution < 1.29 is 48.1 Å². The lowest BCUT2D eigenvalue weighted by atomic mass is 10.1. The third kappa shape index (κ3) is 7.21. The maximum Gasteiger partial charge on any atom is 0.409 e. The summed E-state index contributed by atoms with van der Waals surface area (Å²) in [5.74, 6) is -2.07. The molecule has 1 aromatic carbocycles. The number of carbonyl (C=O) groups is 5. The van der Waals surface area contributed by atoms with Crippen LogP contribution in [0.2, 0.25) is 0 Å². The molecule has 2 N–H and O–H groups in total. The zero-order valence-electron chi connectivity index (χ0n) is 25.5. The molecule has 0 saturated carbocycles. The Hall–Kier alpha value is -5.15. The molecule has 4 heterocycles. The molecule has 16 heteroatoms. The van der Waals surface area contributed by atoms with E-state index in [1.807, 2.05) is 0 Å². The van der Waals surface area contributed by atoms with Gasteiger partial charge in [-0.25, -0.2) is 9.78 Å². The second kappa shape index (κ2) is 14.3. The first-order valence-electron chi connectivity index (χ1n) is 15.0. The average molecular weight is 641 g/mol. The number of hydrogen-bond acceptors (Lipinski definition) is 11. The van der Waals surface area contributed by atoms with E-state index in [-0.39, 0.29) is 81.6 Å². The van der Waals surface area contributed by atoms with Gasteiger partial charge >= 0.3 is 12.1 Å². The van der Waals surface area contributed by atoms with Crippen LogP contribution in [0.5, 0.6) is 5.75 Å². The van der Waals surface area contributed by atoms with Crippen molar-refractivity contribution in [1.82, 2.24) is 25.0 Å². The van der Waals surface area contributed by atoms with Gasteiger partial charge in [0.05, 0.1) is 31.7 Å². The quantitative estimate of drug-likeness (QED) is 0.372. The highest BCUT2D eigenvalue weighted by Gasteiger charge is 2.45. The summed E-state index contributed by atoms with van der Waals surface area (Å²) in [6, 6.07) is 7.16. The van der Waals surface area contributed by atoms with E-state index in [1.54, 1.807) is 36.1 Å². The molecular weight excluding hydrogens is 604 g/mol. The molecular formula is C30H36N6O10. The summed E-state index contributed by atoms with van der Waals surface area (Å²) in [6.45, 7) is 3.19. The first kappa shape index (κ1) is 32.2. The van der Waals surface area contributed by atoms with Crippen molar-refractivity contribution in [3.63, 3.8) is 0 Å². The number of aromatic nitrogens is 1. The average Bonchev–Trinajstić information content (AvgIpc) is 3.66. The fraction of sp³-hybridized carbons (Fsp3) is 0.500. The Morgan fingerprint density at radius 3 is 2.52 bits per heavy atom. The van der Waals surface area contributed by atoms with E-state index in [4.69, 9.17) is 19.0 Å². The highest BCUT2D eigenvalue weighted by atomic mass is 16.7. The van der Waals surface area contributed by atoms with Crippen LogP contribution in [0.4, 0.5) is 4.79 Å². The predicted molar refractivity (Wildman–Crippen MR) is 160 cm³/mol. The van der Waals surface area contributed by atoms with Gasteiger partial charge in [-0.2, -0.15) is 0 Å². The number of carbonyl (C=O) groups excluding carboxylic acids is 4. The van der Waals surface area contributed by atoms with Gasteiger partial charge in [0, 0.05) is 50.6 Å². The molecule has 3 aliphatic rings. The van der Waals surface area contributed by atoms with Crippen molar-refractivity contribution in [1.29, 1.82) is 0 Å². The van der Waals surface area contributed by atoms with Gasteiger partial charge in [-0.05, 0) is 25.5 Å². The van der Waals surface area contributed by atoms with E-state index in [2.05, 4.69) is 15.5 Å². The van der Waals surface area contributed by atoms with Gasteiger partial charge in [-0.1, -0.05) is 17.3 Å². The van der Waals surface area contributed by atoms with E-state index < -0.39 is 29.9 Å². The molecule has 2 fully saturated rings. The molecule has 1 aromatic heterocycles. The lowest BCUT2D eigenvalue weighted by Crippen LogP contribution is -2.56. The standard InChI is InChI=1S/C30H36N6O10/c1-3-44-30(42)35-12-10-34(11-13-35)29(41)21(8-9-26(38)39)32-27(40)22-14-23(18-6-4-5-7-20(18)31-22)45-17-25(37)36-15-19-24(16-36)46-33-28(19)43-2/h4-7,14,19,21,24H,3,8-13,15-17H2,1-2H3,(H,32,40)(H,38,39). The van der Waals surface area contributed by atoms with Crippen molar-refractivity contribution in [2.75, 3.05) is 59.6 Å². The van der Waals surface area contributed by atoms with Gasteiger partial charge in [0.15, 0.2) is 12.7 Å². The normalized spacial score (nSPS) is 19.5. The molecule has 0 radical (unpaired) electrons. The number of piperazine rings is 1. The van der Waals surface area contributed by atoms with Crippen LogP contribution >= 0.6 is 0 Å². The van der Waals surface area contributed by atoms with Crippen molar-refractivity contribution in [3.8, 4) is 5.75 Å². The number of ether oxygens (including phenoxy) is 3. The van der Waals surface area contributed by atoms with Crippen LogP contribution in [0.3, 0.4) is 0 Å². The minimum atomic E-state index is -1.16. The maximum absolute atomic E-state index is 13.5. The van der Waals surface area contributed by atoms with Crippen molar-refractivity contribution in [2.45, 2.75) is 31.9 Å². The Labute approximate surface area is 264 Å². The number of methoxy groups -OCH3 is 1. The molecule has 3 aliphatic heterocycles. The predicted octanol–water partition coefficient (Wildman–Crippen LogP) is 0.695. The summed E-state index contributed by atoms with van der Waals surface area (Å²) in [6.07, 6.45) is -1.27. The summed E-state index contributed by atoms with van der Waals surface area (Å²) >= 11 is 0. The lowest BCUT2D eigenvalue weighted by molar-refractivity contribution is -0.138. The van der Waals surface area contributed by atoms with Crippen molar-refractivity contribution >= 4 is 46.6 Å². The number of nitrogens with one attached hydrogen (secondary N) is 1. The number of rotatable bonds is 10. The summed E-state index contributed by atoms with van der Waals surface area (Å²) in [5, 5.41) is 16.4. The summed E-state index contributed by atoms with van der Waals surface area (Å²) in [5.41, 5.74) is 0.345. The van der Waals surface area contributed by atoms with Gasteiger partial charge < -0.3 is 44.2 Å². The number of likely N-dealkylation sites (tertiary alicyclic amines) is 1. The smallest absolute Gasteiger partial charge is 0.409 e. The van der Waals surface area contributed by atoms with Gasteiger partial charge in [-0.3, -0.25) is 19.2 Å². The minimum absolute atomic E-state index is 0.0774. The summed E-state index contributed by atoms with van der Waals surface area (Å²) in [7, 11) is 1.50. The number of pyridine rings is 1. The van der Waals surface area contributed by atoms with E-state index in [0.717, 1.165) is 0 Å². The number of nitrogens with zero attached hydrogens (tertiary/aromatic N) is 5. The van der Waals surface area contributed by atoms with E-state index >= 15 is 0 Å². The van der Waals surface area contributed by atoms with Crippen LogP contribution in [0.1, 0.15) is 30.3 Å². The largest absolute Gasteiger partial charge is 0.483 e. The number of aliphatic carboxylic acids is 1. The molecule has 16 nitrogen and oxygen atoms in total. The first-order chi connectivity index (χ1) is 22.2. The number of carboxylic acids is 1. The van der Waals surface area contributed by atoms with Crippen molar-refractivity contribution in [2.24, 2.45) is 11.1 Å². The van der Waals surface area contributed by atoms with Crippen LogP contribution in [0.15, 0.2) is 35.5 Å². The van der Waals surface area contributed by atoms with Gasteiger partial charge in [0.25, 0.3) is 11.8 Å². The van der Waals surface area contributed by atoms with Crippen LogP contribution < -0.4 is 10.1 Å². The Kier molecular flexibility index (Phi) is 10.0. The molecule has 0 aliphatic carbocycles. The fourth-order valence-electron chi connectivity index (χ4n) is 5.61. The molecule has 0 spiro atoms. The SMILES string of the molecule is CCOC(=O)N1CCN(C(=O)C(CCC(=O)O)NC(=O)c2cc(OCC(=O)N3CC4ON=C(OC)C4C3)c3ccccc3n2)CC1. The molecule has 5 rings (SSSR count). The van der Waals surface area contributed by atoms with Crippen LogP contribution in [-0.2, 0) is 28.7 Å².